The molecule has 0 aromatic heterocycles. The predicted octanol–water partition coefficient (Wildman–Crippen LogP) is 4.92. The fourth-order valence-corrected chi connectivity index (χ4v) is 4.92. The van der Waals surface area contributed by atoms with Gasteiger partial charge in [0.1, 0.15) is 12.4 Å². The Morgan fingerprint density at radius 2 is 1.93 bits per heavy atom. The normalized spacial score (nSPS) is 21.6. The Morgan fingerprint density at radius 3 is 2.69 bits per heavy atom. The molecule has 2 aliphatic rings. The number of aryl methyl sites for hydroxylation is 1. The molecule has 0 spiro atoms. The van der Waals surface area contributed by atoms with Crippen molar-refractivity contribution in [3.05, 3.63) is 63.1 Å². The van der Waals surface area contributed by atoms with E-state index >= 15 is 0 Å². The Morgan fingerprint density at radius 1 is 1.14 bits per heavy atom. The average molecular weight is 434 g/mol. The lowest BCUT2D eigenvalue weighted by Crippen LogP contribution is -2.38. The number of likely N-dealkylation sites (tertiary alicyclic amines) is 1. The number of nitrogens with zero attached hydrogens (tertiary/aromatic N) is 1. The van der Waals surface area contributed by atoms with E-state index in [-0.39, 0.29) is 11.9 Å². The van der Waals surface area contributed by atoms with Crippen LogP contribution in [0.1, 0.15) is 29.5 Å². The highest BCUT2D eigenvalue weighted by Crippen LogP contribution is 2.32. The summed E-state index contributed by atoms with van der Waals surface area (Å²) in [6.45, 7) is 2.13. The van der Waals surface area contributed by atoms with E-state index in [1.165, 1.54) is 18.2 Å². The molecule has 2 atom stereocenters. The van der Waals surface area contributed by atoms with Gasteiger partial charge >= 0.3 is 5.97 Å². The zero-order valence-electron chi connectivity index (χ0n) is 16.5. The first-order valence-electron chi connectivity index (χ1n) is 10.0. The van der Waals surface area contributed by atoms with Crippen molar-refractivity contribution in [3.8, 4) is 5.75 Å². The average Bonchev–Trinajstić information content (AvgIpc) is 3.22. The summed E-state index contributed by atoms with van der Waals surface area (Å²) in [4.78, 5) is 14.3. The quantitative estimate of drug-likeness (QED) is 0.626. The zero-order valence-corrected chi connectivity index (χ0v) is 18.0. The lowest BCUT2D eigenvalue weighted by atomic mass is 9.87. The van der Waals surface area contributed by atoms with Crippen molar-refractivity contribution in [2.45, 2.75) is 38.3 Å². The molecule has 6 heteroatoms. The van der Waals surface area contributed by atoms with Crippen LogP contribution in [0.2, 0.25) is 10.0 Å². The molecule has 1 fully saturated rings. The van der Waals surface area contributed by atoms with Gasteiger partial charge in [0.15, 0.2) is 0 Å². The van der Waals surface area contributed by atoms with Crippen LogP contribution in [0.15, 0.2) is 36.4 Å². The van der Waals surface area contributed by atoms with Gasteiger partial charge in [-0.1, -0.05) is 35.3 Å². The minimum atomic E-state index is -0.0795. The maximum absolute atomic E-state index is 11.8. The summed E-state index contributed by atoms with van der Waals surface area (Å²) in [5.74, 6) is 0.781. The number of carbonyl (C=O) groups excluding carboxylic acids is 1. The third kappa shape index (κ3) is 4.55. The van der Waals surface area contributed by atoms with Crippen molar-refractivity contribution in [3.63, 3.8) is 0 Å². The molecular formula is C23H25Cl2NO3. The maximum Gasteiger partial charge on any atom is 0.310 e. The number of methoxy groups -OCH3 is 1. The number of carbonyl (C=O) groups is 1. The molecule has 2 aromatic carbocycles. The largest absolute Gasteiger partial charge is 0.489 e. The second-order valence-corrected chi connectivity index (χ2v) is 8.63. The molecule has 1 heterocycles. The number of hydrogen-bond acceptors (Lipinski definition) is 4. The van der Waals surface area contributed by atoms with Gasteiger partial charge < -0.3 is 9.47 Å². The lowest BCUT2D eigenvalue weighted by Gasteiger charge is -2.32. The van der Waals surface area contributed by atoms with Crippen LogP contribution in [0.4, 0.5) is 0 Å². The number of benzene rings is 2. The van der Waals surface area contributed by atoms with Crippen molar-refractivity contribution in [1.82, 2.24) is 4.90 Å². The van der Waals surface area contributed by atoms with E-state index in [2.05, 4.69) is 17.0 Å². The molecule has 0 bridgehead atoms. The number of esters is 1. The molecule has 2 unspecified atom stereocenters. The van der Waals surface area contributed by atoms with Gasteiger partial charge in [0.2, 0.25) is 0 Å². The zero-order chi connectivity index (χ0) is 20.4. The third-order valence-electron chi connectivity index (χ3n) is 6.10. The van der Waals surface area contributed by atoms with E-state index in [9.17, 15) is 4.79 Å². The lowest BCUT2D eigenvalue weighted by molar-refractivity contribution is -0.145. The Kier molecular flexibility index (Phi) is 6.33. The van der Waals surface area contributed by atoms with Gasteiger partial charge in [-0.15, -0.1) is 0 Å². The Labute approximate surface area is 181 Å². The van der Waals surface area contributed by atoms with Gasteiger partial charge in [-0.25, -0.2) is 0 Å². The molecule has 154 valence electrons. The fourth-order valence-electron chi connectivity index (χ4n) is 4.42. The summed E-state index contributed by atoms with van der Waals surface area (Å²) < 4.78 is 10.9. The number of ether oxygens (including phenoxy) is 2. The van der Waals surface area contributed by atoms with Crippen LogP contribution in [0.5, 0.6) is 5.75 Å². The fraction of sp³-hybridized carbons (Fsp3) is 0.435. The molecular weight excluding hydrogens is 409 g/mol. The Balaban J connectivity index is 1.38. The van der Waals surface area contributed by atoms with E-state index in [4.69, 9.17) is 32.7 Å². The number of halogens is 2. The van der Waals surface area contributed by atoms with Crippen LogP contribution in [0, 0.1) is 5.92 Å². The van der Waals surface area contributed by atoms with Gasteiger partial charge in [-0.3, -0.25) is 9.69 Å². The van der Waals surface area contributed by atoms with Gasteiger partial charge in [-0.05, 0) is 67.6 Å². The van der Waals surface area contributed by atoms with Crippen molar-refractivity contribution in [2.75, 3.05) is 20.2 Å². The van der Waals surface area contributed by atoms with Crippen LogP contribution < -0.4 is 4.74 Å². The molecule has 0 radical (unpaired) electrons. The maximum atomic E-state index is 11.8. The topological polar surface area (TPSA) is 38.8 Å². The highest BCUT2D eigenvalue weighted by Gasteiger charge is 2.34. The van der Waals surface area contributed by atoms with E-state index in [0.717, 1.165) is 50.1 Å². The Hall–Kier alpha value is -1.75. The van der Waals surface area contributed by atoms with Crippen LogP contribution in [0.25, 0.3) is 0 Å². The standard InChI is InChI=1S/C23H25Cl2NO3/c1-28-23(27)17-9-10-26(13-17)18-7-5-16-12-19(8-6-15(16)11-18)29-14-20-21(24)3-2-4-22(20)25/h2-4,6,8,12,17-18H,5,7,9-11,13-14H2,1H3. The van der Waals surface area contributed by atoms with E-state index < -0.39 is 0 Å². The predicted molar refractivity (Wildman–Crippen MR) is 115 cm³/mol. The van der Waals surface area contributed by atoms with Crippen LogP contribution in [-0.2, 0) is 29.0 Å². The first kappa shape index (κ1) is 20.5. The van der Waals surface area contributed by atoms with Crippen molar-refractivity contribution in [2.24, 2.45) is 5.92 Å². The highest BCUT2D eigenvalue weighted by molar-refractivity contribution is 6.35. The first-order chi connectivity index (χ1) is 14.0. The number of fused-ring (bicyclic) bond motifs is 1. The molecule has 2 aromatic rings. The number of hydrogen-bond donors (Lipinski definition) is 0. The SMILES string of the molecule is COC(=O)C1CCN(C2CCc3cc(OCc4c(Cl)cccc4Cl)ccc3C2)C1. The molecule has 1 aliphatic heterocycles. The summed E-state index contributed by atoms with van der Waals surface area (Å²) in [7, 11) is 1.47. The summed E-state index contributed by atoms with van der Waals surface area (Å²) in [6.07, 6.45) is 4.03. The second-order valence-electron chi connectivity index (χ2n) is 7.82. The molecule has 0 saturated carbocycles. The molecule has 0 N–H and O–H groups in total. The smallest absolute Gasteiger partial charge is 0.310 e. The summed E-state index contributed by atoms with van der Waals surface area (Å²) >= 11 is 12.5. The second kappa shape index (κ2) is 8.95. The third-order valence-corrected chi connectivity index (χ3v) is 6.80. The van der Waals surface area contributed by atoms with Crippen molar-refractivity contribution >= 4 is 29.2 Å². The van der Waals surface area contributed by atoms with E-state index in [0.29, 0.717) is 22.7 Å². The molecule has 1 saturated heterocycles. The van der Waals surface area contributed by atoms with Crippen LogP contribution in [0.3, 0.4) is 0 Å². The van der Waals surface area contributed by atoms with Crippen molar-refractivity contribution in [1.29, 1.82) is 0 Å². The minimum Gasteiger partial charge on any atom is -0.489 e. The van der Waals surface area contributed by atoms with E-state index in [1.54, 1.807) is 0 Å². The first-order valence-corrected chi connectivity index (χ1v) is 10.8. The van der Waals surface area contributed by atoms with Gasteiger partial charge in [0.05, 0.1) is 13.0 Å². The molecule has 4 rings (SSSR count). The van der Waals surface area contributed by atoms with Crippen LogP contribution in [-0.4, -0.2) is 37.1 Å². The van der Waals surface area contributed by atoms with Crippen molar-refractivity contribution < 1.29 is 14.3 Å². The van der Waals surface area contributed by atoms with Gasteiger partial charge in [-0.2, -0.15) is 0 Å². The summed E-state index contributed by atoms with van der Waals surface area (Å²) in [5.41, 5.74) is 3.52. The minimum absolute atomic E-state index is 0.0220. The summed E-state index contributed by atoms with van der Waals surface area (Å²) in [6, 6.07) is 12.3. The Bertz CT molecular complexity index is 881. The monoisotopic (exact) mass is 433 g/mol. The molecule has 1 aliphatic carbocycles. The van der Waals surface area contributed by atoms with Gasteiger partial charge in [0.25, 0.3) is 0 Å². The summed E-state index contributed by atoms with van der Waals surface area (Å²) in [5, 5.41) is 1.24. The highest BCUT2D eigenvalue weighted by atomic mass is 35.5. The van der Waals surface area contributed by atoms with Gasteiger partial charge in [0, 0.05) is 28.2 Å². The van der Waals surface area contributed by atoms with Crippen LogP contribution >= 0.6 is 23.2 Å². The number of rotatable bonds is 5. The molecule has 29 heavy (non-hydrogen) atoms. The van der Waals surface area contributed by atoms with E-state index in [1.807, 2.05) is 24.3 Å². The molecule has 0 amide bonds. The molecule has 4 nitrogen and oxygen atoms in total.